The molecular formula is C14H20ClNO. The maximum atomic E-state index is 5.50. The Morgan fingerprint density at radius 2 is 2.24 bits per heavy atom. The van der Waals surface area contributed by atoms with E-state index in [-0.39, 0.29) is 12.4 Å². The third kappa shape index (κ3) is 3.76. The summed E-state index contributed by atoms with van der Waals surface area (Å²) in [7, 11) is 2.14. The molecule has 0 radical (unpaired) electrons. The van der Waals surface area contributed by atoms with Gasteiger partial charge >= 0.3 is 0 Å². The monoisotopic (exact) mass is 253 g/mol. The maximum Gasteiger partial charge on any atom is 0.122 e. The maximum absolute atomic E-state index is 5.50. The molecule has 0 N–H and O–H groups in total. The zero-order valence-electron chi connectivity index (χ0n) is 10.5. The van der Waals surface area contributed by atoms with Crippen LogP contribution >= 0.6 is 12.4 Å². The van der Waals surface area contributed by atoms with Crippen LogP contribution in [0.1, 0.15) is 18.1 Å². The van der Waals surface area contributed by atoms with Gasteiger partial charge in [-0.05, 0) is 31.2 Å². The van der Waals surface area contributed by atoms with Crippen molar-refractivity contribution < 1.29 is 4.74 Å². The third-order valence-electron chi connectivity index (χ3n) is 2.86. The van der Waals surface area contributed by atoms with Crippen LogP contribution in [0.4, 0.5) is 0 Å². The van der Waals surface area contributed by atoms with Crippen molar-refractivity contribution in [3.63, 3.8) is 0 Å². The summed E-state index contributed by atoms with van der Waals surface area (Å²) in [6.07, 6.45) is 5.32. The van der Waals surface area contributed by atoms with Crippen molar-refractivity contribution in [1.82, 2.24) is 4.90 Å². The highest BCUT2D eigenvalue weighted by Gasteiger charge is 2.12. The Bertz CT molecular complexity index is 390. The molecule has 17 heavy (non-hydrogen) atoms. The molecule has 0 saturated heterocycles. The molecule has 0 spiro atoms. The molecule has 1 aromatic rings. The molecule has 2 nitrogen and oxygen atoms in total. The first-order chi connectivity index (χ1) is 7.79. The highest BCUT2D eigenvalue weighted by molar-refractivity contribution is 5.85. The fourth-order valence-electron chi connectivity index (χ4n) is 2.00. The lowest BCUT2D eigenvalue weighted by molar-refractivity contribution is 0.355. The topological polar surface area (TPSA) is 12.5 Å². The van der Waals surface area contributed by atoms with E-state index < -0.39 is 0 Å². The van der Waals surface area contributed by atoms with Crippen LogP contribution in [0.15, 0.2) is 30.4 Å². The summed E-state index contributed by atoms with van der Waals surface area (Å²) in [5, 5.41) is 0. The molecule has 2 rings (SSSR count). The molecule has 0 bridgehead atoms. The highest BCUT2D eigenvalue weighted by Crippen LogP contribution is 2.26. The minimum Gasteiger partial charge on any atom is -0.493 e. The van der Waals surface area contributed by atoms with Gasteiger partial charge in [-0.3, -0.25) is 4.90 Å². The van der Waals surface area contributed by atoms with Gasteiger partial charge < -0.3 is 4.74 Å². The zero-order chi connectivity index (χ0) is 11.4. The number of allylic oxidation sites excluding steroid dienone is 1. The van der Waals surface area contributed by atoms with Gasteiger partial charge in [0.05, 0.1) is 6.61 Å². The number of halogens is 1. The van der Waals surface area contributed by atoms with Crippen LogP contribution in [0.25, 0.3) is 0 Å². The largest absolute Gasteiger partial charge is 0.493 e. The second-order valence-electron chi connectivity index (χ2n) is 4.31. The van der Waals surface area contributed by atoms with Crippen LogP contribution in [-0.4, -0.2) is 25.1 Å². The normalized spacial score (nSPS) is 13.6. The Labute approximate surface area is 110 Å². The minimum atomic E-state index is 0. The molecule has 3 heteroatoms. The quantitative estimate of drug-likeness (QED) is 0.765. The van der Waals surface area contributed by atoms with Crippen LogP contribution in [0.5, 0.6) is 5.75 Å². The number of nitrogens with zero attached hydrogens (tertiary/aromatic N) is 1. The number of hydrogen-bond acceptors (Lipinski definition) is 2. The van der Waals surface area contributed by atoms with E-state index in [1.54, 1.807) is 0 Å². The molecule has 1 aliphatic heterocycles. The van der Waals surface area contributed by atoms with Crippen molar-refractivity contribution in [2.45, 2.75) is 19.9 Å². The number of hydrogen-bond donors (Lipinski definition) is 0. The first kappa shape index (κ1) is 14.1. The van der Waals surface area contributed by atoms with E-state index in [4.69, 9.17) is 4.74 Å². The smallest absolute Gasteiger partial charge is 0.122 e. The minimum absolute atomic E-state index is 0. The predicted molar refractivity (Wildman–Crippen MR) is 74.0 cm³/mol. The van der Waals surface area contributed by atoms with Crippen molar-refractivity contribution in [3.8, 4) is 5.75 Å². The van der Waals surface area contributed by atoms with Gasteiger partial charge in [-0.2, -0.15) is 0 Å². The van der Waals surface area contributed by atoms with Crippen LogP contribution in [0.3, 0.4) is 0 Å². The Hall–Kier alpha value is -0.990. The average molecular weight is 254 g/mol. The molecule has 0 aromatic heterocycles. The first-order valence-corrected chi connectivity index (χ1v) is 5.84. The number of likely N-dealkylation sites (N-methyl/N-ethyl adjacent to an activating group) is 1. The van der Waals surface area contributed by atoms with E-state index in [1.165, 1.54) is 11.1 Å². The van der Waals surface area contributed by atoms with E-state index in [1.807, 2.05) is 0 Å². The van der Waals surface area contributed by atoms with E-state index in [0.29, 0.717) is 0 Å². The van der Waals surface area contributed by atoms with Crippen LogP contribution in [0, 0.1) is 0 Å². The number of ether oxygens (including phenoxy) is 1. The fraction of sp³-hybridized carbons (Fsp3) is 0.429. The summed E-state index contributed by atoms with van der Waals surface area (Å²) in [6.45, 7) is 4.90. The lowest BCUT2D eigenvalue weighted by Crippen LogP contribution is -2.17. The predicted octanol–water partition coefficient (Wildman–Crippen LogP) is 3.05. The Balaban J connectivity index is 0.00000144. The van der Waals surface area contributed by atoms with Gasteiger partial charge in [0.25, 0.3) is 0 Å². The molecule has 1 aromatic carbocycles. The second-order valence-corrected chi connectivity index (χ2v) is 4.31. The fourth-order valence-corrected chi connectivity index (χ4v) is 2.00. The molecule has 1 heterocycles. The van der Waals surface area contributed by atoms with Gasteiger partial charge in [-0.15, -0.1) is 12.4 Å². The van der Waals surface area contributed by atoms with Crippen molar-refractivity contribution >= 4 is 12.4 Å². The van der Waals surface area contributed by atoms with Gasteiger partial charge in [0.15, 0.2) is 0 Å². The summed E-state index contributed by atoms with van der Waals surface area (Å²) in [5.41, 5.74) is 2.73. The molecule has 0 aliphatic carbocycles. The van der Waals surface area contributed by atoms with Crippen molar-refractivity contribution in [1.29, 1.82) is 0 Å². The molecule has 0 amide bonds. The number of fused-ring (bicyclic) bond motifs is 1. The molecule has 0 saturated carbocycles. The SMILES string of the molecule is C/C=C/CN(C)Cc1ccc2c(c1)CCO2.Cl. The van der Waals surface area contributed by atoms with E-state index in [2.05, 4.69) is 49.2 Å². The summed E-state index contributed by atoms with van der Waals surface area (Å²) in [5.74, 6) is 1.07. The summed E-state index contributed by atoms with van der Waals surface area (Å²) in [4.78, 5) is 2.30. The van der Waals surface area contributed by atoms with Gasteiger partial charge in [-0.25, -0.2) is 0 Å². The van der Waals surface area contributed by atoms with Gasteiger partial charge in [0.2, 0.25) is 0 Å². The van der Waals surface area contributed by atoms with Crippen LogP contribution in [-0.2, 0) is 13.0 Å². The van der Waals surface area contributed by atoms with E-state index >= 15 is 0 Å². The van der Waals surface area contributed by atoms with Gasteiger partial charge in [-0.1, -0.05) is 24.3 Å². The summed E-state index contributed by atoms with van der Waals surface area (Å²) < 4.78 is 5.50. The van der Waals surface area contributed by atoms with Crippen molar-refractivity contribution in [2.75, 3.05) is 20.2 Å². The lowest BCUT2D eigenvalue weighted by atomic mass is 10.1. The van der Waals surface area contributed by atoms with Crippen LogP contribution in [0.2, 0.25) is 0 Å². The molecule has 0 unspecified atom stereocenters. The first-order valence-electron chi connectivity index (χ1n) is 5.84. The molecule has 1 aliphatic rings. The Morgan fingerprint density at radius 3 is 3.00 bits per heavy atom. The number of benzene rings is 1. The Morgan fingerprint density at radius 1 is 1.41 bits per heavy atom. The van der Waals surface area contributed by atoms with Gasteiger partial charge in [0, 0.05) is 19.5 Å². The third-order valence-corrected chi connectivity index (χ3v) is 2.86. The number of rotatable bonds is 4. The average Bonchev–Trinajstić information content (AvgIpc) is 2.73. The second kappa shape index (κ2) is 6.67. The van der Waals surface area contributed by atoms with Gasteiger partial charge in [0.1, 0.15) is 5.75 Å². The molecule has 0 fully saturated rings. The molecule has 0 atom stereocenters. The van der Waals surface area contributed by atoms with E-state index in [9.17, 15) is 0 Å². The zero-order valence-corrected chi connectivity index (χ0v) is 11.3. The summed E-state index contributed by atoms with van der Waals surface area (Å²) in [6, 6.07) is 6.53. The van der Waals surface area contributed by atoms with E-state index in [0.717, 1.165) is 31.9 Å². The lowest BCUT2D eigenvalue weighted by Gasteiger charge is -2.14. The van der Waals surface area contributed by atoms with Crippen LogP contribution < -0.4 is 4.74 Å². The van der Waals surface area contributed by atoms with Crippen molar-refractivity contribution in [2.24, 2.45) is 0 Å². The Kier molecular flexibility index (Phi) is 5.52. The molecular weight excluding hydrogens is 234 g/mol. The summed E-state index contributed by atoms with van der Waals surface area (Å²) >= 11 is 0. The highest BCUT2D eigenvalue weighted by atomic mass is 35.5. The standard InChI is InChI=1S/C14H19NO.ClH/c1-3-4-8-15(2)11-12-5-6-14-13(10-12)7-9-16-14;/h3-6,10H,7-9,11H2,1-2H3;1H/b4-3+;. The molecule has 94 valence electrons. The van der Waals surface area contributed by atoms with Crippen molar-refractivity contribution in [3.05, 3.63) is 41.5 Å².